The number of primary amides is 1. The van der Waals surface area contributed by atoms with Gasteiger partial charge in [0.15, 0.2) is 6.61 Å². The number of likely N-dealkylation sites (tertiary alicyclic amines) is 1. The molecule has 7 nitrogen and oxygen atoms in total. The van der Waals surface area contributed by atoms with Crippen molar-refractivity contribution in [2.24, 2.45) is 11.1 Å². The summed E-state index contributed by atoms with van der Waals surface area (Å²) >= 11 is 0. The molecule has 2 amide bonds. The Labute approximate surface area is 127 Å². The van der Waals surface area contributed by atoms with Crippen LogP contribution in [0.5, 0.6) is 5.75 Å². The molecular weight excluding hydrogens is 288 g/mol. The molecule has 1 aliphatic rings. The Kier molecular flexibility index (Phi) is 4.35. The van der Waals surface area contributed by atoms with Gasteiger partial charge in [0.1, 0.15) is 5.75 Å². The SMILES string of the molecule is C[C@@]1(C(=O)O)CCN(C(=O)c2cccc(OCC(N)=O)c2)C1. The van der Waals surface area contributed by atoms with Crippen molar-refractivity contribution >= 4 is 17.8 Å². The van der Waals surface area contributed by atoms with Crippen LogP contribution in [-0.2, 0) is 9.59 Å². The second kappa shape index (κ2) is 6.05. The average molecular weight is 306 g/mol. The van der Waals surface area contributed by atoms with E-state index < -0.39 is 17.3 Å². The molecule has 22 heavy (non-hydrogen) atoms. The van der Waals surface area contributed by atoms with Gasteiger partial charge in [-0.1, -0.05) is 6.07 Å². The number of amides is 2. The highest BCUT2D eigenvalue weighted by Crippen LogP contribution is 2.31. The van der Waals surface area contributed by atoms with E-state index in [4.69, 9.17) is 10.5 Å². The van der Waals surface area contributed by atoms with Gasteiger partial charge in [0.05, 0.1) is 5.41 Å². The predicted octanol–water partition coefficient (Wildman–Crippen LogP) is 0.488. The Bertz CT molecular complexity index is 616. The van der Waals surface area contributed by atoms with Gasteiger partial charge in [-0.15, -0.1) is 0 Å². The lowest BCUT2D eigenvalue weighted by atomic mass is 9.90. The van der Waals surface area contributed by atoms with Crippen LogP contribution in [0.4, 0.5) is 0 Å². The number of hydrogen-bond acceptors (Lipinski definition) is 4. The number of carboxylic acid groups (broad SMARTS) is 1. The summed E-state index contributed by atoms with van der Waals surface area (Å²) in [4.78, 5) is 35.9. The summed E-state index contributed by atoms with van der Waals surface area (Å²) in [6, 6.07) is 6.39. The van der Waals surface area contributed by atoms with Gasteiger partial charge in [-0.2, -0.15) is 0 Å². The minimum Gasteiger partial charge on any atom is -0.484 e. The van der Waals surface area contributed by atoms with Gasteiger partial charge in [0.2, 0.25) is 0 Å². The van der Waals surface area contributed by atoms with Gasteiger partial charge in [0, 0.05) is 18.7 Å². The van der Waals surface area contributed by atoms with Crippen molar-refractivity contribution in [3.8, 4) is 5.75 Å². The molecule has 0 spiro atoms. The highest BCUT2D eigenvalue weighted by Gasteiger charge is 2.42. The molecule has 1 aromatic rings. The van der Waals surface area contributed by atoms with Crippen molar-refractivity contribution in [3.05, 3.63) is 29.8 Å². The number of benzene rings is 1. The topological polar surface area (TPSA) is 110 Å². The van der Waals surface area contributed by atoms with E-state index >= 15 is 0 Å². The van der Waals surface area contributed by atoms with E-state index in [-0.39, 0.29) is 19.1 Å². The minimum atomic E-state index is -0.907. The van der Waals surface area contributed by atoms with E-state index in [2.05, 4.69) is 0 Å². The molecular formula is C15H18N2O5. The maximum atomic E-state index is 12.4. The Morgan fingerprint density at radius 3 is 2.73 bits per heavy atom. The Morgan fingerprint density at radius 2 is 2.14 bits per heavy atom. The highest BCUT2D eigenvalue weighted by molar-refractivity contribution is 5.95. The van der Waals surface area contributed by atoms with Crippen LogP contribution >= 0.6 is 0 Å². The van der Waals surface area contributed by atoms with Crippen LogP contribution in [0.15, 0.2) is 24.3 Å². The van der Waals surface area contributed by atoms with E-state index in [1.54, 1.807) is 25.1 Å². The average Bonchev–Trinajstić information content (AvgIpc) is 2.88. The first-order valence-corrected chi connectivity index (χ1v) is 6.86. The lowest BCUT2D eigenvalue weighted by Gasteiger charge is -2.20. The zero-order chi connectivity index (χ0) is 16.3. The summed E-state index contributed by atoms with van der Waals surface area (Å²) in [5, 5.41) is 9.21. The maximum Gasteiger partial charge on any atom is 0.311 e. The maximum absolute atomic E-state index is 12.4. The number of carbonyl (C=O) groups is 3. The third kappa shape index (κ3) is 3.36. The van der Waals surface area contributed by atoms with E-state index in [9.17, 15) is 19.5 Å². The van der Waals surface area contributed by atoms with Gasteiger partial charge >= 0.3 is 5.97 Å². The quantitative estimate of drug-likeness (QED) is 0.822. The standard InChI is InChI=1S/C15H18N2O5/c1-15(14(20)21)5-6-17(9-15)13(19)10-3-2-4-11(7-10)22-8-12(16)18/h2-4,7H,5-6,8-9H2,1H3,(H2,16,18)(H,20,21)/t15-/m1/s1. The van der Waals surface area contributed by atoms with Crippen molar-refractivity contribution in [3.63, 3.8) is 0 Å². The van der Waals surface area contributed by atoms with Gasteiger partial charge in [-0.25, -0.2) is 0 Å². The zero-order valence-electron chi connectivity index (χ0n) is 12.2. The van der Waals surface area contributed by atoms with Gasteiger partial charge in [-0.05, 0) is 31.5 Å². The number of carbonyl (C=O) groups excluding carboxylic acids is 2. The van der Waals surface area contributed by atoms with Crippen LogP contribution in [-0.4, -0.2) is 47.5 Å². The van der Waals surface area contributed by atoms with Gasteiger partial charge < -0.3 is 20.5 Å². The second-order valence-electron chi connectivity index (χ2n) is 5.63. The first kappa shape index (κ1) is 15.8. The Hall–Kier alpha value is -2.57. The normalized spacial score (nSPS) is 20.7. The molecule has 1 saturated heterocycles. The number of aliphatic carboxylic acids is 1. The lowest BCUT2D eigenvalue weighted by Crippen LogP contribution is -2.34. The summed E-state index contributed by atoms with van der Waals surface area (Å²) in [5.41, 5.74) is 4.48. The minimum absolute atomic E-state index is 0.174. The molecule has 0 aliphatic carbocycles. The number of rotatable bonds is 5. The molecule has 0 bridgehead atoms. The zero-order valence-corrected chi connectivity index (χ0v) is 12.2. The van der Waals surface area contributed by atoms with Crippen molar-refractivity contribution < 1.29 is 24.2 Å². The molecule has 0 aromatic heterocycles. The molecule has 7 heteroatoms. The first-order chi connectivity index (χ1) is 10.3. The van der Waals surface area contributed by atoms with E-state index in [1.807, 2.05) is 0 Å². The van der Waals surface area contributed by atoms with Crippen LogP contribution in [0.3, 0.4) is 0 Å². The molecule has 0 unspecified atom stereocenters. The smallest absolute Gasteiger partial charge is 0.311 e. The third-order valence-electron chi connectivity index (χ3n) is 3.74. The third-order valence-corrected chi connectivity index (χ3v) is 3.74. The van der Waals surface area contributed by atoms with Crippen LogP contribution in [0.25, 0.3) is 0 Å². The predicted molar refractivity (Wildman–Crippen MR) is 77.4 cm³/mol. The molecule has 1 atom stereocenters. The molecule has 1 heterocycles. The number of nitrogens with two attached hydrogens (primary N) is 1. The summed E-state index contributed by atoms with van der Waals surface area (Å²) in [6.45, 7) is 1.94. The molecule has 118 valence electrons. The Morgan fingerprint density at radius 1 is 1.41 bits per heavy atom. The number of ether oxygens (including phenoxy) is 1. The molecule has 0 radical (unpaired) electrons. The van der Waals surface area contributed by atoms with E-state index in [0.29, 0.717) is 24.3 Å². The van der Waals surface area contributed by atoms with Gasteiger partial charge in [0.25, 0.3) is 11.8 Å². The van der Waals surface area contributed by atoms with E-state index in [0.717, 1.165) is 0 Å². The van der Waals surface area contributed by atoms with Crippen molar-refractivity contribution in [2.45, 2.75) is 13.3 Å². The van der Waals surface area contributed by atoms with Crippen molar-refractivity contribution in [1.82, 2.24) is 4.90 Å². The largest absolute Gasteiger partial charge is 0.484 e. The van der Waals surface area contributed by atoms with E-state index in [1.165, 1.54) is 11.0 Å². The lowest BCUT2D eigenvalue weighted by molar-refractivity contribution is -0.147. The fraction of sp³-hybridized carbons (Fsp3) is 0.400. The van der Waals surface area contributed by atoms with Crippen LogP contribution in [0, 0.1) is 5.41 Å². The molecule has 2 rings (SSSR count). The van der Waals surface area contributed by atoms with Crippen LogP contribution < -0.4 is 10.5 Å². The number of nitrogens with zero attached hydrogens (tertiary/aromatic N) is 1. The molecule has 1 fully saturated rings. The Balaban J connectivity index is 2.09. The van der Waals surface area contributed by atoms with Crippen molar-refractivity contribution in [1.29, 1.82) is 0 Å². The fourth-order valence-electron chi connectivity index (χ4n) is 2.36. The summed E-state index contributed by atoms with van der Waals surface area (Å²) in [6.07, 6.45) is 0.423. The molecule has 3 N–H and O–H groups in total. The highest BCUT2D eigenvalue weighted by atomic mass is 16.5. The fourth-order valence-corrected chi connectivity index (χ4v) is 2.36. The first-order valence-electron chi connectivity index (χ1n) is 6.86. The summed E-state index contributed by atoms with van der Waals surface area (Å²) in [5.74, 6) is -1.39. The summed E-state index contributed by atoms with van der Waals surface area (Å²) < 4.78 is 5.16. The molecule has 1 aromatic carbocycles. The number of carboxylic acids is 1. The molecule has 1 aliphatic heterocycles. The van der Waals surface area contributed by atoms with Crippen LogP contribution in [0.2, 0.25) is 0 Å². The van der Waals surface area contributed by atoms with Crippen molar-refractivity contribution in [2.75, 3.05) is 19.7 Å². The number of hydrogen-bond donors (Lipinski definition) is 2. The van der Waals surface area contributed by atoms with Crippen LogP contribution in [0.1, 0.15) is 23.7 Å². The summed E-state index contributed by atoms with van der Waals surface area (Å²) in [7, 11) is 0. The van der Waals surface area contributed by atoms with Gasteiger partial charge in [-0.3, -0.25) is 14.4 Å². The second-order valence-corrected chi connectivity index (χ2v) is 5.63. The molecule has 0 saturated carbocycles. The monoisotopic (exact) mass is 306 g/mol.